The lowest BCUT2D eigenvalue weighted by Crippen LogP contribution is -2.14. The highest BCUT2D eigenvalue weighted by Gasteiger charge is 2.21. The van der Waals surface area contributed by atoms with Crippen LogP contribution in [0.2, 0.25) is 0 Å². The van der Waals surface area contributed by atoms with E-state index in [-0.39, 0.29) is 5.78 Å². The maximum atomic E-state index is 12.9. The van der Waals surface area contributed by atoms with Crippen LogP contribution in [0.4, 0.5) is 0 Å². The van der Waals surface area contributed by atoms with Crippen molar-refractivity contribution in [2.24, 2.45) is 0 Å². The molecule has 2 aromatic carbocycles. The van der Waals surface area contributed by atoms with Crippen LogP contribution in [0.15, 0.2) is 66.7 Å². The van der Waals surface area contributed by atoms with Crippen molar-refractivity contribution < 1.29 is 29.7 Å². The largest absolute Gasteiger partial charge is 0.481 e. The number of aryl methyl sites for hydroxylation is 1. The minimum atomic E-state index is -1.11. The first-order valence-corrected chi connectivity index (χ1v) is 14.7. The molecular weight excluding hydrogens is 504 g/mol. The fourth-order valence-corrected chi connectivity index (χ4v) is 4.50. The molecule has 1 atom stereocenters. The Kier molecular flexibility index (Phi) is 19.6. The molecule has 0 aliphatic carbocycles. The van der Waals surface area contributed by atoms with Crippen molar-refractivity contribution in [3.05, 3.63) is 83.4 Å². The molecule has 1 unspecified atom stereocenters. The summed E-state index contributed by atoms with van der Waals surface area (Å²) in [5.74, 6) is -1.74. The van der Waals surface area contributed by atoms with Crippen molar-refractivity contribution >= 4 is 17.7 Å². The van der Waals surface area contributed by atoms with Gasteiger partial charge in [0.15, 0.2) is 5.78 Å². The van der Waals surface area contributed by atoms with E-state index in [9.17, 15) is 14.7 Å². The number of benzene rings is 2. The van der Waals surface area contributed by atoms with Crippen LogP contribution >= 0.6 is 0 Å². The second kappa shape index (κ2) is 22.6. The average molecular weight is 553 g/mol. The minimum Gasteiger partial charge on any atom is -0.481 e. The molecule has 0 amide bonds. The van der Waals surface area contributed by atoms with Gasteiger partial charge in [0.1, 0.15) is 6.10 Å². The number of Topliss-reactive ketones (excluding diaryl/α,β-unsaturated/α-hetero) is 1. The molecule has 0 aromatic heterocycles. The zero-order chi connectivity index (χ0) is 29.4. The van der Waals surface area contributed by atoms with E-state index in [4.69, 9.17) is 15.0 Å². The van der Waals surface area contributed by atoms with Crippen LogP contribution in [0.1, 0.15) is 124 Å². The van der Waals surface area contributed by atoms with Gasteiger partial charge in [-0.1, -0.05) is 112 Å². The number of aliphatic hydroxyl groups excluding tert-OH is 1. The van der Waals surface area contributed by atoms with Gasteiger partial charge in [0.05, 0.1) is 0 Å². The SMILES string of the molecule is CC(=O)O.O=C(O)CCCCCCC/C=C\CCCCCCCCc1ccccc1C(=O)C(O)c1ccccc1. The highest BCUT2D eigenvalue weighted by molar-refractivity contribution is 6.01. The Morgan fingerprint density at radius 3 is 1.73 bits per heavy atom. The number of allylic oxidation sites excluding steroid dienone is 2. The van der Waals surface area contributed by atoms with Crippen molar-refractivity contribution in [1.82, 2.24) is 0 Å². The highest BCUT2D eigenvalue weighted by atomic mass is 16.4. The third-order valence-corrected chi connectivity index (χ3v) is 6.64. The Morgan fingerprint density at radius 2 is 1.15 bits per heavy atom. The maximum absolute atomic E-state index is 12.9. The molecule has 0 saturated heterocycles. The van der Waals surface area contributed by atoms with Gasteiger partial charge in [-0.15, -0.1) is 0 Å². The Hall–Kier alpha value is -3.25. The number of unbranched alkanes of at least 4 members (excludes halogenated alkanes) is 11. The number of rotatable bonds is 20. The van der Waals surface area contributed by atoms with Gasteiger partial charge in [0.2, 0.25) is 0 Å². The summed E-state index contributed by atoms with van der Waals surface area (Å²) >= 11 is 0. The van der Waals surface area contributed by atoms with Crippen LogP contribution in [0, 0.1) is 0 Å². The van der Waals surface area contributed by atoms with Crippen LogP contribution in [-0.4, -0.2) is 33.0 Å². The van der Waals surface area contributed by atoms with E-state index in [0.29, 0.717) is 17.5 Å². The predicted molar refractivity (Wildman–Crippen MR) is 161 cm³/mol. The van der Waals surface area contributed by atoms with Crippen molar-refractivity contribution in [2.45, 2.75) is 109 Å². The molecule has 0 fully saturated rings. The minimum absolute atomic E-state index is 0.222. The van der Waals surface area contributed by atoms with Crippen molar-refractivity contribution in [2.75, 3.05) is 0 Å². The van der Waals surface area contributed by atoms with Crippen molar-refractivity contribution in [1.29, 1.82) is 0 Å². The van der Waals surface area contributed by atoms with Crippen LogP contribution < -0.4 is 0 Å². The van der Waals surface area contributed by atoms with Gasteiger partial charge < -0.3 is 15.3 Å². The van der Waals surface area contributed by atoms with E-state index in [0.717, 1.165) is 63.9 Å². The third kappa shape index (κ3) is 17.4. The second-order valence-corrected chi connectivity index (χ2v) is 10.2. The summed E-state index contributed by atoms with van der Waals surface area (Å²) in [4.78, 5) is 32.3. The van der Waals surface area contributed by atoms with Crippen LogP contribution in [-0.2, 0) is 16.0 Å². The van der Waals surface area contributed by atoms with E-state index >= 15 is 0 Å². The molecule has 0 saturated carbocycles. The third-order valence-electron chi connectivity index (χ3n) is 6.64. The summed E-state index contributed by atoms with van der Waals surface area (Å²) in [6.45, 7) is 1.08. The first-order valence-electron chi connectivity index (χ1n) is 14.7. The number of aliphatic hydroxyl groups is 1. The Bertz CT molecular complexity index is 995. The number of carboxylic acids is 2. The zero-order valence-corrected chi connectivity index (χ0v) is 24.1. The number of carbonyl (C=O) groups excluding carboxylic acids is 1. The first kappa shape index (κ1) is 34.8. The second-order valence-electron chi connectivity index (χ2n) is 10.2. The van der Waals surface area contributed by atoms with Gasteiger partial charge in [0.25, 0.3) is 5.97 Å². The van der Waals surface area contributed by atoms with Gasteiger partial charge in [0, 0.05) is 18.9 Å². The van der Waals surface area contributed by atoms with Gasteiger partial charge in [-0.3, -0.25) is 14.4 Å². The van der Waals surface area contributed by atoms with Gasteiger partial charge in [-0.25, -0.2) is 0 Å². The van der Waals surface area contributed by atoms with Crippen LogP contribution in [0.25, 0.3) is 0 Å². The number of carboxylic acid groups (broad SMARTS) is 2. The number of hydrogen-bond acceptors (Lipinski definition) is 4. The van der Waals surface area contributed by atoms with E-state index in [1.807, 2.05) is 42.5 Å². The Labute approximate surface area is 240 Å². The van der Waals surface area contributed by atoms with Gasteiger partial charge in [-0.2, -0.15) is 0 Å². The molecule has 0 aliphatic rings. The number of aliphatic carboxylic acids is 2. The molecule has 6 nitrogen and oxygen atoms in total. The van der Waals surface area contributed by atoms with Gasteiger partial charge in [-0.05, 0) is 56.1 Å². The monoisotopic (exact) mass is 552 g/mol. The Balaban J connectivity index is 0.00000187. The number of ketones is 1. The predicted octanol–water partition coefficient (Wildman–Crippen LogP) is 8.34. The lowest BCUT2D eigenvalue weighted by Gasteiger charge is -2.13. The van der Waals surface area contributed by atoms with E-state index < -0.39 is 18.0 Å². The highest BCUT2D eigenvalue weighted by Crippen LogP contribution is 2.22. The standard InChI is InChI=1S/C32H44O4.C2H4O2/c33-30(34)26-18-13-11-9-7-5-3-1-2-4-6-8-10-12-15-21-27-22-19-20-25-29(27)32(36)31(35)28-23-16-14-17-24-28;1-2(3)4/h1,3,14,16-17,19-20,22-25,31,35H,2,4-13,15,18,21,26H2,(H,33,34);1H3,(H,3,4)/b3-1-;. The quantitative estimate of drug-likeness (QED) is 0.0864. The molecule has 2 aromatic rings. The van der Waals surface area contributed by atoms with Gasteiger partial charge >= 0.3 is 5.97 Å². The summed E-state index contributed by atoms with van der Waals surface area (Å²) in [6, 6.07) is 16.8. The molecule has 0 aliphatic heterocycles. The summed E-state index contributed by atoms with van der Waals surface area (Å²) in [5.41, 5.74) is 2.30. The number of hydrogen-bond donors (Lipinski definition) is 3. The lowest BCUT2D eigenvalue weighted by atomic mass is 9.93. The molecule has 3 N–H and O–H groups in total. The van der Waals surface area contributed by atoms with E-state index in [1.165, 1.54) is 38.5 Å². The average Bonchev–Trinajstić information content (AvgIpc) is 2.94. The molecule has 2 rings (SSSR count). The molecule has 0 radical (unpaired) electrons. The summed E-state index contributed by atoms with van der Waals surface area (Å²) in [7, 11) is 0. The summed E-state index contributed by atoms with van der Waals surface area (Å²) in [6.07, 6.45) is 19.5. The topological polar surface area (TPSA) is 112 Å². The molecule has 0 spiro atoms. The normalized spacial score (nSPS) is 11.6. The van der Waals surface area contributed by atoms with E-state index in [2.05, 4.69) is 12.2 Å². The lowest BCUT2D eigenvalue weighted by molar-refractivity contribution is -0.137. The first-order chi connectivity index (χ1) is 19.3. The zero-order valence-electron chi connectivity index (χ0n) is 24.1. The maximum Gasteiger partial charge on any atom is 0.303 e. The molecule has 0 bridgehead atoms. The molecule has 40 heavy (non-hydrogen) atoms. The van der Waals surface area contributed by atoms with Crippen molar-refractivity contribution in [3.8, 4) is 0 Å². The molecular formula is C34H48O6. The van der Waals surface area contributed by atoms with Crippen LogP contribution in [0.3, 0.4) is 0 Å². The smallest absolute Gasteiger partial charge is 0.303 e. The molecule has 6 heteroatoms. The van der Waals surface area contributed by atoms with Crippen LogP contribution in [0.5, 0.6) is 0 Å². The fraction of sp³-hybridized carbons (Fsp3) is 0.500. The summed E-state index contributed by atoms with van der Waals surface area (Å²) < 4.78 is 0. The van der Waals surface area contributed by atoms with E-state index in [1.54, 1.807) is 12.1 Å². The Morgan fingerprint density at radius 1 is 0.675 bits per heavy atom. The molecule has 0 heterocycles. The fourth-order valence-electron chi connectivity index (χ4n) is 4.50. The number of carbonyl (C=O) groups is 3. The summed E-state index contributed by atoms with van der Waals surface area (Å²) in [5, 5.41) is 26.6. The van der Waals surface area contributed by atoms with Crippen molar-refractivity contribution in [3.63, 3.8) is 0 Å². The molecule has 220 valence electrons.